The lowest BCUT2D eigenvalue weighted by Crippen LogP contribution is -2.36. The number of fused-ring (bicyclic) bond motifs is 1. The molecule has 3 aliphatic carbocycles. The van der Waals surface area contributed by atoms with E-state index in [-0.39, 0.29) is 6.10 Å². The van der Waals surface area contributed by atoms with Crippen molar-refractivity contribution in [1.82, 2.24) is 0 Å². The Balaban J connectivity index is 0.000000541. The summed E-state index contributed by atoms with van der Waals surface area (Å²) in [6, 6.07) is 0. The summed E-state index contributed by atoms with van der Waals surface area (Å²) in [5, 5.41) is 10.0. The smallest absolute Gasteiger partial charge is 0.0583 e. The summed E-state index contributed by atoms with van der Waals surface area (Å²) >= 11 is 0. The minimum absolute atomic E-state index is 0.172. The fraction of sp³-hybridized carbons (Fsp3) is 0.806. The monoisotopic (exact) mass is 456 g/mol. The fourth-order valence-corrected chi connectivity index (χ4v) is 7.17. The van der Waals surface area contributed by atoms with Crippen LogP contribution in [0.1, 0.15) is 111 Å². The van der Waals surface area contributed by atoms with Crippen molar-refractivity contribution in [3.63, 3.8) is 0 Å². The van der Waals surface area contributed by atoms with Gasteiger partial charge in [-0.05, 0) is 98.9 Å². The first-order valence-corrected chi connectivity index (χ1v) is 14.1. The van der Waals surface area contributed by atoms with Gasteiger partial charge in [0.2, 0.25) is 0 Å². The topological polar surface area (TPSA) is 29.5 Å². The zero-order valence-electron chi connectivity index (χ0n) is 22.2. The third kappa shape index (κ3) is 7.31. The molecule has 4 rings (SSSR count). The highest BCUT2D eigenvalue weighted by Gasteiger charge is 2.50. The molecule has 4 fully saturated rings. The molecule has 4 aliphatic rings. The lowest BCUT2D eigenvalue weighted by molar-refractivity contribution is 0.0929. The highest BCUT2D eigenvalue weighted by Crippen LogP contribution is 2.59. The molecule has 0 unspecified atom stereocenters. The van der Waals surface area contributed by atoms with Crippen LogP contribution in [-0.2, 0) is 4.74 Å². The lowest BCUT2D eigenvalue weighted by Gasteiger charge is -2.44. The van der Waals surface area contributed by atoms with Gasteiger partial charge in [0.1, 0.15) is 0 Å². The van der Waals surface area contributed by atoms with Crippen LogP contribution >= 0.6 is 0 Å². The van der Waals surface area contributed by atoms with E-state index in [0.717, 1.165) is 56.1 Å². The number of ether oxygens (including phenoxy) is 1. The van der Waals surface area contributed by atoms with Gasteiger partial charge in [0, 0.05) is 13.2 Å². The molecule has 0 spiro atoms. The molecule has 1 N–H and O–H groups in total. The van der Waals surface area contributed by atoms with E-state index in [2.05, 4.69) is 46.4 Å². The number of hydrogen-bond donors (Lipinski definition) is 1. The molecule has 2 nitrogen and oxygen atoms in total. The first-order valence-electron chi connectivity index (χ1n) is 14.1. The number of aliphatic hydroxyl groups is 1. The summed E-state index contributed by atoms with van der Waals surface area (Å²) in [7, 11) is 0. The standard InChI is InChI=1S/C27H44O.C4H8O/c1-19(2)8-6-9-21(4)25-15-16-26-22(10-7-17-27(25,26)5)12-13-23-18-24(28)14-11-20(23)3;1-2-4-5-3-1/h12-13,19,21,24-26,28H,3,6-11,14-18H2,1-2,4-5H3;1-4H2/b22-12+,23-13-;/t21-,24+,25-,26+,27-;/m1./s1. The Hall–Kier alpha value is -0.860. The van der Waals surface area contributed by atoms with Crippen molar-refractivity contribution >= 4 is 0 Å². The molecule has 0 bridgehead atoms. The Morgan fingerprint density at radius 3 is 2.45 bits per heavy atom. The zero-order valence-corrected chi connectivity index (χ0v) is 22.2. The van der Waals surface area contributed by atoms with E-state index in [4.69, 9.17) is 4.74 Å². The van der Waals surface area contributed by atoms with Gasteiger partial charge in [-0.2, -0.15) is 0 Å². The molecule has 0 aromatic carbocycles. The number of hydrogen-bond acceptors (Lipinski definition) is 2. The van der Waals surface area contributed by atoms with E-state index in [0.29, 0.717) is 5.41 Å². The van der Waals surface area contributed by atoms with E-state index in [1.807, 2.05) is 0 Å². The predicted octanol–water partition coefficient (Wildman–Crippen LogP) is 8.42. The van der Waals surface area contributed by atoms with Crippen LogP contribution in [-0.4, -0.2) is 24.4 Å². The van der Waals surface area contributed by atoms with Gasteiger partial charge in [0.15, 0.2) is 0 Å². The maximum Gasteiger partial charge on any atom is 0.0583 e. The van der Waals surface area contributed by atoms with Crippen molar-refractivity contribution in [2.45, 2.75) is 117 Å². The minimum Gasteiger partial charge on any atom is -0.393 e. The average molecular weight is 457 g/mol. The van der Waals surface area contributed by atoms with E-state index >= 15 is 0 Å². The SMILES string of the molecule is C1CCOC1.C=C1CC[C@H](O)C/C1=C/C=C1\CCC[C@]2(C)[C@@H]([C@H](C)CCCC(C)C)CC[C@@H]12. The average Bonchev–Trinajstić information content (AvgIpc) is 3.45. The first-order chi connectivity index (χ1) is 15.8. The van der Waals surface area contributed by atoms with Crippen LogP contribution in [0.4, 0.5) is 0 Å². The molecular weight excluding hydrogens is 404 g/mol. The zero-order chi connectivity index (χ0) is 23.8. The lowest BCUT2D eigenvalue weighted by atomic mass is 9.60. The Kier molecular flexibility index (Phi) is 10.3. The van der Waals surface area contributed by atoms with E-state index in [9.17, 15) is 5.11 Å². The van der Waals surface area contributed by atoms with Gasteiger partial charge >= 0.3 is 0 Å². The highest BCUT2D eigenvalue weighted by atomic mass is 16.5. The molecule has 3 saturated carbocycles. The summed E-state index contributed by atoms with van der Waals surface area (Å²) in [6.07, 6.45) is 20.8. The predicted molar refractivity (Wildman–Crippen MR) is 141 cm³/mol. The van der Waals surface area contributed by atoms with Crippen LogP contribution in [0.3, 0.4) is 0 Å². The molecule has 1 saturated heterocycles. The Morgan fingerprint density at radius 2 is 1.79 bits per heavy atom. The Morgan fingerprint density at radius 1 is 1.03 bits per heavy atom. The third-order valence-corrected chi connectivity index (χ3v) is 9.18. The molecular formula is C31H52O2. The van der Waals surface area contributed by atoms with E-state index in [1.54, 1.807) is 5.57 Å². The molecule has 0 radical (unpaired) electrons. The second-order valence-corrected chi connectivity index (χ2v) is 12.2. The minimum atomic E-state index is -0.172. The van der Waals surface area contributed by atoms with Crippen molar-refractivity contribution in [2.75, 3.05) is 13.2 Å². The summed E-state index contributed by atoms with van der Waals surface area (Å²) < 4.78 is 4.94. The first kappa shape index (κ1) is 26.7. The second-order valence-electron chi connectivity index (χ2n) is 12.2. The Labute approximate surface area is 205 Å². The van der Waals surface area contributed by atoms with Crippen LogP contribution in [0.25, 0.3) is 0 Å². The molecule has 33 heavy (non-hydrogen) atoms. The highest BCUT2D eigenvalue weighted by molar-refractivity contribution is 5.36. The van der Waals surface area contributed by atoms with Gasteiger partial charge < -0.3 is 9.84 Å². The molecule has 0 aromatic rings. The van der Waals surface area contributed by atoms with Crippen LogP contribution in [0.2, 0.25) is 0 Å². The van der Waals surface area contributed by atoms with Crippen LogP contribution in [0.15, 0.2) is 35.5 Å². The molecule has 0 amide bonds. The summed E-state index contributed by atoms with van der Waals surface area (Å²) in [6.45, 7) is 16.1. The van der Waals surface area contributed by atoms with Crippen LogP contribution in [0.5, 0.6) is 0 Å². The van der Waals surface area contributed by atoms with Gasteiger partial charge in [-0.15, -0.1) is 0 Å². The van der Waals surface area contributed by atoms with Crippen LogP contribution in [0, 0.1) is 29.1 Å². The van der Waals surface area contributed by atoms with Crippen molar-refractivity contribution in [3.05, 3.63) is 35.5 Å². The largest absolute Gasteiger partial charge is 0.393 e. The summed E-state index contributed by atoms with van der Waals surface area (Å²) in [5.74, 6) is 3.37. The van der Waals surface area contributed by atoms with Gasteiger partial charge in [-0.25, -0.2) is 0 Å². The van der Waals surface area contributed by atoms with E-state index in [1.165, 1.54) is 75.4 Å². The van der Waals surface area contributed by atoms with Gasteiger partial charge in [0.25, 0.3) is 0 Å². The molecule has 5 atom stereocenters. The number of rotatable bonds is 6. The van der Waals surface area contributed by atoms with Crippen molar-refractivity contribution in [1.29, 1.82) is 0 Å². The third-order valence-electron chi connectivity index (χ3n) is 9.18. The van der Waals surface area contributed by atoms with Crippen molar-refractivity contribution in [3.8, 4) is 0 Å². The van der Waals surface area contributed by atoms with Crippen LogP contribution < -0.4 is 0 Å². The quantitative estimate of drug-likeness (QED) is 0.434. The van der Waals surface area contributed by atoms with E-state index < -0.39 is 0 Å². The normalized spacial score (nSPS) is 35.6. The van der Waals surface area contributed by atoms with Crippen molar-refractivity contribution < 1.29 is 9.84 Å². The summed E-state index contributed by atoms with van der Waals surface area (Å²) in [4.78, 5) is 0. The fourth-order valence-electron chi connectivity index (χ4n) is 7.17. The van der Waals surface area contributed by atoms with Gasteiger partial charge in [-0.3, -0.25) is 0 Å². The van der Waals surface area contributed by atoms with Gasteiger partial charge in [0.05, 0.1) is 6.10 Å². The maximum atomic E-state index is 10.0. The number of aliphatic hydroxyl groups excluding tert-OH is 1. The molecule has 1 heterocycles. The van der Waals surface area contributed by atoms with Gasteiger partial charge in [-0.1, -0.05) is 76.8 Å². The molecule has 2 heteroatoms. The molecule has 1 aliphatic heterocycles. The second kappa shape index (κ2) is 12.7. The molecule has 188 valence electrons. The Bertz CT molecular complexity index is 675. The summed E-state index contributed by atoms with van der Waals surface area (Å²) in [5.41, 5.74) is 4.72. The molecule has 0 aromatic heterocycles. The number of allylic oxidation sites excluding steroid dienone is 4. The maximum absolute atomic E-state index is 10.0. The van der Waals surface area contributed by atoms with Crippen molar-refractivity contribution in [2.24, 2.45) is 29.1 Å².